The van der Waals surface area contributed by atoms with Crippen LogP contribution in [0.4, 0.5) is 4.79 Å². The second-order valence-corrected chi connectivity index (χ2v) is 6.99. The Bertz CT molecular complexity index is 728. The maximum atomic E-state index is 12.5. The second kappa shape index (κ2) is 6.89. The van der Waals surface area contributed by atoms with Crippen molar-refractivity contribution in [2.24, 2.45) is 11.7 Å². The van der Waals surface area contributed by atoms with Crippen LogP contribution in [0.1, 0.15) is 29.9 Å². The zero-order chi connectivity index (χ0) is 17.2. The summed E-state index contributed by atoms with van der Waals surface area (Å²) in [4.78, 5) is 14.3. The van der Waals surface area contributed by atoms with Crippen LogP contribution < -0.4 is 5.73 Å². The van der Waals surface area contributed by atoms with Gasteiger partial charge in [0.25, 0.3) is 0 Å². The van der Waals surface area contributed by atoms with Crippen molar-refractivity contribution in [3.8, 4) is 11.1 Å². The zero-order valence-corrected chi connectivity index (χ0v) is 14.4. The molecule has 130 valence electrons. The molecule has 1 heterocycles. The molecule has 1 amide bonds. The number of ether oxygens (including phenoxy) is 1. The molecule has 2 N–H and O–H groups in total. The first-order valence-electron chi connectivity index (χ1n) is 9.08. The highest BCUT2D eigenvalue weighted by molar-refractivity contribution is 5.79. The van der Waals surface area contributed by atoms with Crippen LogP contribution in [0.5, 0.6) is 0 Å². The molecule has 2 aromatic rings. The highest BCUT2D eigenvalue weighted by Gasteiger charge is 2.30. The van der Waals surface area contributed by atoms with E-state index in [9.17, 15) is 4.79 Å². The van der Waals surface area contributed by atoms with E-state index in [1.165, 1.54) is 22.3 Å². The van der Waals surface area contributed by atoms with Crippen molar-refractivity contribution in [3.05, 3.63) is 59.7 Å². The van der Waals surface area contributed by atoms with E-state index >= 15 is 0 Å². The molecule has 0 spiro atoms. The third kappa shape index (κ3) is 3.02. The Morgan fingerprint density at radius 2 is 1.72 bits per heavy atom. The summed E-state index contributed by atoms with van der Waals surface area (Å²) < 4.78 is 5.72. The smallest absolute Gasteiger partial charge is 0.409 e. The summed E-state index contributed by atoms with van der Waals surface area (Å²) in [5.74, 6) is 0.515. The average molecular weight is 336 g/mol. The minimum atomic E-state index is -0.208. The number of hydrogen-bond donors (Lipinski definition) is 1. The molecule has 1 fully saturated rings. The number of piperidine rings is 1. The van der Waals surface area contributed by atoms with Crippen molar-refractivity contribution >= 4 is 6.09 Å². The molecular formula is C21H24N2O2. The first-order chi connectivity index (χ1) is 12.3. The van der Waals surface area contributed by atoms with Crippen LogP contribution in [0.3, 0.4) is 0 Å². The third-order valence-electron chi connectivity index (χ3n) is 5.45. The van der Waals surface area contributed by atoms with Gasteiger partial charge in [-0.25, -0.2) is 4.79 Å². The monoisotopic (exact) mass is 336 g/mol. The molecular weight excluding hydrogens is 312 g/mol. The van der Waals surface area contributed by atoms with Crippen LogP contribution in [-0.4, -0.2) is 37.2 Å². The van der Waals surface area contributed by atoms with E-state index in [0.717, 1.165) is 19.4 Å². The fourth-order valence-corrected chi connectivity index (χ4v) is 4.11. The summed E-state index contributed by atoms with van der Waals surface area (Å²) in [5, 5.41) is 0. The number of likely N-dealkylation sites (tertiary alicyclic amines) is 1. The Morgan fingerprint density at radius 3 is 2.36 bits per heavy atom. The van der Waals surface area contributed by atoms with Gasteiger partial charge in [-0.05, 0) is 47.6 Å². The molecule has 0 bridgehead atoms. The van der Waals surface area contributed by atoms with Crippen molar-refractivity contribution in [2.45, 2.75) is 18.8 Å². The van der Waals surface area contributed by atoms with Crippen molar-refractivity contribution in [2.75, 3.05) is 26.2 Å². The number of amides is 1. The van der Waals surface area contributed by atoms with Gasteiger partial charge in [0, 0.05) is 19.0 Å². The van der Waals surface area contributed by atoms with Gasteiger partial charge in [-0.1, -0.05) is 48.5 Å². The average Bonchev–Trinajstić information content (AvgIpc) is 3.00. The summed E-state index contributed by atoms with van der Waals surface area (Å²) in [6.07, 6.45) is 1.90. The predicted octanol–water partition coefficient (Wildman–Crippen LogP) is 3.61. The Balaban J connectivity index is 1.49. The Morgan fingerprint density at radius 1 is 1.08 bits per heavy atom. The molecule has 1 saturated heterocycles. The van der Waals surface area contributed by atoms with Crippen LogP contribution in [0.15, 0.2) is 48.5 Å². The van der Waals surface area contributed by atoms with Gasteiger partial charge in [0.05, 0.1) is 0 Å². The molecule has 1 atom stereocenters. The van der Waals surface area contributed by atoms with Crippen molar-refractivity contribution in [1.29, 1.82) is 0 Å². The van der Waals surface area contributed by atoms with E-state index in [0.29, 0.717) is 25.6 Å². The number of fused-ring (bicyclic) bond motifs is 3. The number of benzene rings is 2. The topological polar surface area (TPSA) is 55.6 Å². The predicted molar refractivity (Wildman–Crippen MR) is 98.4 cm³/mol. The minimum absolute atomic E-state index is 0.117. The lowest BCUT2D eigenvalue weighted by Gasteiger charge is -2.31. The number of rotatable bonds is 3. The van der Waals surface area contributed by atoms with Crippen LogP contribution in [0.25, 0.3) is 11.1 Å². The van der Waals surface area contributed by atoms with Crippen molar-refractivity contribution < 1.29 is 9.53 Å². The van der Waals surface area contributed by atoms with Crippen LogP contribution in [0, 0.1) is 5.92 Å². The molecule has 4 heteroatoms. The lowest BCUT2D eigenvalue weighted by atomic mass is 9.98. The molecule has 25 heavy (non-hydrogen) atoms. The first kappa shape index (κ1) is 16.2. The first-order valence-corrected chi connectivity index (χ1v) is 9.08. The SMILES string of the molecule is NCC1CCCN(C(=O)OCC2c3ccccc3-c3ccccc32)C1. The van der Waals surface area contributed by atoms with Crippen molar-refractivity contribution in [3.63, 3.8) is 0 Å². The molecule has 0 saturated carbocycles. The van der Waals surface area contributed by atoms with E-state index < -0.39 is 0 Å². The number of nitrogens with two attached hydrogens (primary N) is 1. The van der Waals surface area contributed by atoms with E-state index in [4.69, 9.17) is 10.5 Å². The molecule has 0 radical (unpaired) electrons. The summed E-state index contributed by atoms with van der Waals surface area (Å²) in [5.41, 5.74) is 10.8. The van der Waals surface area contributed by atoms with E-state index in [-0.39, 0.29) is 12.0 Å². The van der Waals surface area contributed by atoms with Crippen molar-refractivity contribution in [1.82, 2.24) is 4.90 Å². The van der Waals surface area contributed by atoms with Gasteiger partial charge in [-0.3, -0.25) is 0 Å². The van der Waals surface area contributed by atoms with Gasteiger partial charge in [0.2, 0.25) is 0 Å². The van der Waals surface area contributed by atoms with Crippen LogP contribution >= 0.6 is 0 Å². The lowest BCUT2D eigenvalue weighted by molar-refractivity contribution is 0.0832. The maximum absolute atomic E-state index is 12.5. The summed E-state index contributed by atoms with van der Waals surface area (Å²) in [6.45, 7) is 2.50. The maximum Gasteiger partial charge on any atom is 0.409 e. The number of nitrogens with zero attached hydrogens (tertiary/aromatic N) is 1. The molecule has 2 aliphatic rings. The van der Waals surface area contributed by atoms with E-state index in [1.807, 2.05) is 4.90 Å². The zero-order valence-electron chi connectivity index (χ0n) is 14.4. The molecule has 1 aliphatic heterocycles. The standard InChI is InChI=1S/C21H24N2O2/c22-12-15-6-5-11-23(13-15)21(24)25-14-20-18-9-3-1-7-16(18)17-8-2-4-10-19(17)20/h1-4,7-10,15,20H,5-6,11-14,22H2. The number of carbonyl (C=O) groups excluding carboxylic acids is 1. The lowest BCUT2D eigenvalue weighted by Crippen LogP contribution is -2.42. The highest BCUT2D eigenvalue weighted by atomic mass is 16.6. The fourth-order valence-electron chi connectivity index (χ4n) is 4.11. The Labute approximate surface area is 148 Å². The van der Waals surface area contributed by atoms with Gasteiger partial charge in [-0.15, -0.1) is 0 Å². The van der Waals surface area contributed by atoms with E-state index in [1.54, 1.807) is 0 Å². The summed E-state index contributed by atoms with van der Waals surface area (Å²) in [7, 11) is 0. The van der Waals surface area contributed by atoms with Gasteiger partial charge < -0.3 is 15.4 Å². The van der Waals surface area contributed by atoms with E-state index in [2.05, 4.69) is 48.5 Å². The molecule has 4 nitrogen and oxygen atoms in total. The highest BCUT2D eigenvalue weighted by Crippen LogP contribution is 2.44. The molecule has 2 aromatic carbocycles. The van der Waals surface area contributed by atoms with Gasteiger partial charge in [0.1, 0.15) is 6.61 Å². The summed E-state index contributed by atoms with van der Waals surface area (Å²) in [6, 6.07) is 16.8. The molecule has 4 rings (SSSR count). The number of carbonyl (C=O) groups is 1. The van der Waals surface area contributed by atoms with Gasteiger partial charge >= 0.3 is 6.09 Å². The largest absolute Gasteiger partial charge is 0.448 e. The Kier molecular flexibility index (Phi) is 4.45. The third-order valence-corrected chi connectivity index (χ3v) is 5.45. The molecule has 1 unspecified atom stereocenters. The quantitative estimate of drug-likeness (QED) is 0.931. The molecule has 0 aromatic heterocycles. The second-order valence-electron chi connectivity index (χ2n) is 6.99. The van der Waals surface area contributed by atoms with Gasteiger partial charge in [0.15, 0.2) is 0 Å². The Hall–Kier alpha value is -2.33. The minimum Gasteiger partial charge on any atom is -0.448 e. The van der Waals surface area contributed by atoms with Gasteiger partial charge in [-0.2, -0.15) is 0 Å². The van der Waals surface area contributed by atoms with Crippen LogP contribution in [-0.2, 0) is 4.74 Å². The normalized spacial score (nSPS) is 19.4. The fraction of sp³-hybridized carbons (Fsp3) is 0.381. The summed E-state index contributed by atoms with van der Waals surface area (Å²) >= 11 is 0. The van der Waals surface area contributed by atoms with Crippen LogP contribution in [0.2, 0.25) is 0 Å². The number of hydrogen-bond acceptors (Lipinski definition) is 3. The molecule has 1 aliphatic carbocycles.